The van der Waals surface area contributed by atoms with Gasteiger partial charge in [-0.05, 0) is 28.4 Å². The molecule has 0 aliphatic heterocycles. The van der Waals surface area contributed by atoms with Gasteiger partial charge in [0.05, 0.1) is 3.79 Å². The van der Waals surface area contributed by atoms with E-state index in [0.717, 1.165) is 24.1 Å². The SMILES string of the molecule is CCCCCNS(=O)(=O)c1cc(CN)sc1Br. The molecule has 7 heteroatoms. The molecule has 1 rings (SSSR count). The highest BCUT2D eigenvalue weighted by molar-refractivity contribution is 9.11. The predicted octanol–water partition coefficient (Wildman–Crippen LogP) is 2.44. The molecule has 0 amide bonds. The van der Waals surface area contributed by atoms with Gasteiger partial charge >= 0.3 is 0 Å². The minimum Gasteiger partial charge on any atom is -0.326 e. The van der Waals surface area contributed by atoms with Gasteiger partial charge in [-0.1, -0.05) is 19.8 Å². The van der Waals surface area contributed by atoms with Gasteiger partial charge in [0.2, 0.25) is 10.0 Å². The van der Waals surface area contributed by atoms with E-state index in [2.05, 4.69) is 27.6 Å². The van der Waals surface area contributed by atoms with Crippen LogP contribution in [0.2, 0.25) is 0 Å². The van der Waals surface area contributed by atoms with Crippen molar-refractivity contribution >= 4 is 37.3 Å². The van der Waals surface area contributed by atoms with Gasteiger partial charge in [0.1, 0.15) is 4.90 Å². The summed E-state index contributed by atoms with van der Waals surface area (Å²) < 4.78 is 27.1. The molecule has 0 atom stereocenters. The van der Waals surface area contributed by atoms with Crippen LogP contribution >= 0.6 is 27.3 Å². The maximum atomic E-state index is 12.0. The van der Waals surface area contributed by atoms with E-state index in [4.69, 9.17) is 5.73 Å². The van der Waals surface area contributed by atoms with Crippen molar-refractivity contribution in [1.82, 2.24) is 4.72 Å². The lowest BCUT2D eigenvalue weighted by Gasteiger charge is -2.04. The first-order valence-electron chi connectivity index (χ1n) is 5.49. The van der Waals surface area contributed by atoms with Crippen LogP contribution in [0.5, 0.6) is 0 Å². The standard InChI is InChI=1S/C10H17BrN2O2S2/c1-2-3-4-5-13-17(14,15)9-6-8(7-12)16-10(9)11/h6,13H,2-5,7,12H2,1H3. The van der Waals surface area contributed by atoms with E-state index < -0.39 is 10.0 Å². The number of nitrogens with one attached hydrogen (secondary N) is 1. The Kier molecular flexibility index (Phi) is 6.08. The van der Waals surface area contributed by atoms with Crippen LogP contribution in [0.25, 0.3) is 0 Å². The summed E-state index contributed by atoms with van der Waals surface area (Å²) >= 11 is 4.62. The fraction of sp³-hybridized carbons (Fsp3) is 0.600. The van der Waals surface area contributed by atoms with Crippen molar-refractivity contribution in [2.24, 2.45) is 5.73 Å². The second-order valence-electron chi connectivity index (χ2n) is 3.66. The van der Waals surface area contributed by atoms with Crippen molar-refractivity contribution in [1.29, 1.82) is 0 Å². The maximum absolute atomic E-state index is 12.0. The molecule has 0 unspecified atom stereocenters. The monoisotopic (exact) mass is 340 g/mol. The van der Waals surface area contributed by atoms with Crippen LogP contribution in [0.4, 0.5) is 0 Å². The number of sulfonamides is 1. The molecule has 1 heterocycles. The van der Waals surface area contributed by atoms with Crippen LogP contribution in [0, 0.1) is 0 Å². The van der Waals surface area contributed by atoms with E-state index in [-0.39, 0.29) is 0 Å². The van der Waals surface area contributed by atoms with Gasteiger partial charge in [0, 0.05) is 18.0 Å². The van der Waals surface area contributed by atoms with Crippen molar-refractivity contribution in [3.8, 4) is 0 Å². The summed E-state index contributed by atoms with van der Waals surface area (Å²) in [5.41, 5.74) is 5.49. The Morgan fingerprint density at radius 3 is 2.71 bits per heavy atom. The predicted molar refractivity (Wildman–Crippen MR) is 74.6 cm³/mol. The van der Waals surface area contributed by atoms with Crippen LogP contribution in [0.1, 0.15) is 31.1 Å². The van der Waals surface area contributed by atoms with E-state index in [1.165, 1.54) is 11.3 Å². The minimum atomic E-state index is -3.40. The van der Waals surface area contributed by atoms with E-state index in [1.54, 1.807) is 6.07 Å². The van der Waals surface area contributed by atoms with Crippen molar-refractivity contribution in [2.45, 2.75) is 37.6 Å². The third kappa shape index (κ3) is 4.33. The molecule has 4 nitrogen and oxygen atoms in total. The molecular weight excluding hydrogens is 324 g/mol. The fourth-order valence-corrected chi connectivity index (χ4v) is 4.97. The average molecular weight is 341 g/mol. The van der Waals surface area contributed by atoms with Crippen LogP contribution < -0.4 is 10.5 Å². The number of halogens is 1. The Balaban J connectivity index is 2.72. The van der Waals surface area contributed by atoms with E-state index in [9.17, 15) is 8.42 Å². The van der Waals surface area contributed by atoms with E-state index >= 15 is 0 Å². The van der Waals surface area contributed by atoms with Gasteiger partial charge < -0.3 is 5.73 Å². The lowest BCUT2D eigenvalue weighted by atomic mass is 10.3. The van der Waals surface area contributed by atoms with Gasteiger partial charge in [-0.15, -0.1) is 11.3 Å². The van der Waals surface area contributed by atoms with Gasteiger partial charge in [0.15, 0.2) is 0 Å². The van der Waals surface area contributed by atoms with Crippen molar-refractivity contribution in [3.05, 3.63) is 14.7 Å². The molecule has 17 heavy (non-hydrogen) atoms. The molecule has 0 bridgehead atoms. The third-order valence-corrected chi connectivity index (χ3v) is 6.01. The molecule has 0 aliphatic rings. The van der Waals surface area contributed by atoms with Crippen LogP contribution in [-0.4, -0.2) is 15.0 Å². The summed E-state index contributed by atoms with van der Waals surface area (Å²) in [6.45, 7) is 2.92. The van der Waals surface area contributed by atoms with Crippen molar-refractivity contribution in [3.63, 3.8) is 0 Å². The smallest absolute Gasteiger partial charge is 0.242 e. The third-order valence-electron chi connectivity index (χ3n) is 2.27. The van der Waals surface area contributed by atoms with Crippen LogP contribution in [0.15, 0.2) is 14.7 Å². The minimum absolute atomic E-state index is 0.291. The van der Waals surface area contributed by atoms with E-state index in [1.807, 2.05) is 0 Å². The van der Waals surface area contributed by atoms with Gasteiger partial charge in [0.25, 0.3) is 0 Å². The normalized spacial score (nSPS) is 11.9. The van der Waals surface area contributed by atoms with Crippen molar-refractivity contribution < 1.29 is 8.42 Å². The molecule has 0 radical (unpaired) electrons. The molecule has 1 aromatic rings. The average Bonchev–Trinajstić information content (AvgIpc) is 2.67. The topological polar surface area (TPSA) is 72.2 Å². The highest BCUT2D eigenvalue weighted by atomic mass is 79.9. The Hall–Kier alpha value is 0.0500. The van der Waals surface area contributed by atoms with E-state index in [0.29, 0.717) is 21.8 Å². The first-order chi connectivity index (χ1) is 8.01. The molecule has 0 saturated carbocycles. The van der Waals surface area contributed by atoms with Gasteiger partial charge in [-0.3, -0.25) is 0 Å². The highest BCUT2D eigenvalue weighted by Crippen LogP contribution is 2.31. The zero-order valence-corrected chi connectivity index (χ0v) is 12.9. The summed E-state index contributed by atoms with van der Waals surface area (Å²) in [6.07, 6.45) is 2.96. The molecule has 0 fully saturated rings. The van der Waals surface area contributed by atoms with Crippen LogP contribution in [0.3, 0.4) is 0 Å². The molecule has 0 aromatic carbocycles. The van der Waals surface area contributed by atoms with Gasteiger partial charge in [-0.25, -0.2) is 13.1 Å². The molecule has 1 aromatic heterocycles. The van der Waals surface area contributed by atoms with Gasteiger partial charge in [-0.2, -0.15) is 0 Å². The Bertz CT molecular complexity index is 457. The quantitative estimate of drug-likeness (QED) is 0.748. The molecule has 0 aliphatic carbocycles. The number of hydrogen-bond acceptors (Lipinski definition) is 4. The molecule has 3 N–H and O–H groups in total. The second kappa shape index (κ2) is 6.84. The number of nitrogens with two attached hydrogens (primary N) is 1. The van der Waals surface area contributed by atoms with Crippen LogP contribution in [-0.2, 0) is 16.6 Å². The summed E-state index contributed by atoms with van der Waals surface area (Å²) in [4.78, 5) is 1.14. The van der Waals surface area contributed by atoms with Crippen molar-refractivity contribution in [2.75, 3.05) is 6.54 Å². The zero-order valence-electron chi connectivity index (χ0n) is 9.70. The summed E-state index contributed by atoms with van der Waals surface area (Å²) in [5.74, 6) is 0. The Labute approximate surface area is 115 Å². The summed E-state index contributed by atoms with van der Waals surface area (Å²) in [7, 11) is -3.40. The number of rotatable bonds is 7. The first-order valence-corrected chi connectivity index (χ1v) is 8.58. The lowest BCUT2D eigenvalue weighted by Crippen LogP contribution is -2.24. The number of unbranched alkanes of at least 4 members (excludes halogenated alkanes) is 2. The molecule has 0 spiro atoms. The molecule has 98 valence electrons. The molecular formula is C10H17BrN2O2S2. The number of hydrogen-bond donors (Lipinski definition) is 2. The highest BCUT2D eigenvalue weighted by Gasteiger charge is 2.19. The summed E-state index contributed by atoms with van der Waals surface area (Å²) in [5, 5.41) is 0. The first kappa shape index (κ1) is 15.1. The largest absolute Gasteiger partial charge is 0.326 e. The maximum Gasteiger partial charge on any atom is 0.242 e. The Morgan fingerprint density at radius 1 is 1.47 bits per heavy atom. The molecule has 0 saturated heterocycles. The Morgan fingerprint density at radius 2 is 2.18 bits per heavy atom. The lowest BCUT2D eigenvalue weighted by molar-refractivity contribution is 0.576. The zero-order chi connectivity index (χ0) is 12.9. The fourth-order valence-electron chi connectivity index (χ4n) is 1.34. The second-order valence-corrected chi connectivity index (χ2v) is 7.85. The number of thiophene rings is 1. The summed E-state index contributed by atoms with van der Waals surface area (Å²) in [6, 6.07) is 1.62.